The summed E-state index contributed by atoms with van der Waals surface area (Å²) in [6.45, 7) is 4.13. The van der Waals surface area contributed by atoms with E-state index in [2.05, 4.69) is 22.3 Å². The van der Waals surface area contributed by atoms with Gasteiger partial charge in [0.15, 0.2) is 0 Å². The predicted octanol–water partition coefficient (Wildman–Crippen LogP) is 2.56. The number of hydrogen-bond acceptors (Lipinski definition) is 4. The molecule has 5 heteroatoms. The Hall–Kier alpha value is -2.21. The molecule has 25 heavy (non-hydrogen) atoms. The molecule has 0 spiro atoms. The van der Waals surface area contributed by atoms with Crippen molar-refractivity contribution in [3.63, 3.8) is 0 Å². The van der Waals surface area contributed by atoms with E-state index in [0.29, 0.717) is 26.4 Å². The van der Waals surface area contributed by atoms with Gasteiger partial charge in [-0.05, 0) is 28.8 Å². The lowest BCUT2D eigenvalue weighted by atomic mass is 10.1. The second-order valence-electron chi connectivity index (χ2n) is 6.55. The van der Waals surface area contributed by atoms with Crippen molar-refractivity contribution in [3.05, 3.63) is 65.2 Å². The highest BCUT2D eigenvalue weighted by molar-refractivity contribution is 5.94. The number of morpholine rings is 1. The second-order valence-corrected chi connectivity index (χ2v) is 6.55. The van der Waals surface area contributed by atoms with Crippen molar-refractivity contribution >= 4 is 11.6 Å². The molecule has 1 fully saturated rings. The van der Waals surface area contributed by atoms with Gasteiger partial charge in [0.1, 0.15) is 6.10 Å². The van der Waals surface area contributed by atoms with Crippen molar-refractivity contribution in [1.29, 1.82) is 0 Å². The van der Waals surface area contributed by atoms with Gasteiger partial charge in [0.25, 0.3) is 5.91 Å². The fourth-order valence-electron chi connectivity index (χ4n) is 3.32. The Morgan fingerprint density at radius 2 is 1.96 bits per heavy atom. The number of nitrogens with zero attached hydrogens (tertiary/aromatic N) is 1. The van der Waals surface area contributed by atoms with Crippen molar-refractivity contribution in [2.75, 3.05) is 25.0 Å². The fraction of sp³-hybridized carbons (Fsp3) is 0.350. The Balaban J connectivity index is 1.36. The Morgan fingerprint density at radius 3 is 2.84 bits per heavy atom. The number of rotatable bonds is 4. The number of hydrogen-bond donors (Lipinski definition) is 1. The zero-order valence-corrected chi connectivity index (χ0v) is 14.1. The lowest BCUT2D eigenvalue weighted by Crippen LogP contribution is -2.47. The van der Waals surface area contributed by atoms with Crippen LogP contribution in [0.1, 0.15) is 16.7 Å². The SMILES string of the molecule is O=C(Nc1ccc2c(c1)COC2)C1CN(Cc2ccccc2)CCO1. The molecule has 2 aromatic rings. The van der Waals surface area contributed by atoms with E-state index >= 15 is 0 Å². The number of benzene rings is 2. The predicted molar refractivity (Wildman–Crippen MR) is 95.0 cm³/mol. The number of carbonyl (C=O) groups is 1. The number of amides is 1. The van der Waals surface area contributed by atoms with Gasteiger partial charge < -0.3 is 14.8 Å². The molecule has 1 unspecified atom stereocenters. The van der Waals surface area contributed by atoms with E-state index in [-0.39, 0.29) is 5.91 Å². The molecule has 2 aliphatic rings. The third-order valence-electron chi connectivity index (χ3n) is 4.68. The van der Waals surface area contributed by atoms with E-state index in [0.717, 1.165) is 24.3 Å². The largest absolute Gasteiger partial charge is 0.372 e. The molecule has 0 bridgehead atoms. The quantitative estimate of drug-likeness (QED) is 0.931. The topological polar surface area (TPSA) is 50.8 Å². The number of fused-ring (bicyclic) bond motifs is 1. The van der Waals surface area contributed by atoms with Crippen LogP contribution in [0, 0.1) is 0 Å². The van der Waals surface area contributed by atoms with Gasteiger partial charge in [0.2, 0.25) is 0 Å². The minimum absolute atomic E-state index is 0.0865. The Bertz CT molecular complexity index is 748. The molecule has 2 heterocycles. The molecular weight excluding hydrogens is 316 g/mol. The number of nitrogens with one attached hydrogen (secondary N) is 1. The lowest BCUT2D eigenvalue weighted by molar-refractivity contribution is -0.133. The molecule has 1 saturated heterocycles. The molecular formula is C20H22N2O3. The minimum atomic E-state index is -0.443. The van der Waals surface area contributed by atoms with Crippen molar-refractivity contribution in [3.8, 4) is 0 Å². The average Bonchev–Trinajstić information content (AvgIpc) is 3.10. The van der Waals surface area contributed by atoms with Crippen LogP contribution in [0.5, 0.6) is 0 Å². The zero-order chi connectivity index (χ0) is 17.1. The van der Waals surface area contributed by atoms with E-state index in [1.807, 2.05) is 36.4 Å². The summed E-state index contributed by atoms with van der Waals surface area (Å²) < 4.78 is 11.1. The lowest BCUT2D eigenvalue weighted by Gasteiger charge is -2.32. The van der Waals surface area contributed by atoms with Gasteiger partial charge in [0, 0.05) is 25.3 Å². The molecule has 1 amide bonds. The summed E-state index contributed by atoms with van der Waals surface area (Å²) in [5.41, 5.74) is 4.40. The maximum absolute atomic E-state index is 12.6. The maximum atomic E-state index is 12.6. The van der Waals surface area contributed by atoms with Crippen LogP contribution in [0.4, 0.5) is 5.69 Å². The highest BCUT2D eigenvalue weighted by atomic mass is 16.5. The number of ether oxygens (including phenoxy) is 2. The molecule has 1 N–H and O–H groups in total. The standard InChI is InChI=1S/C20H22N2O3/c23-20(21-18-7-6-16-13-24-14-17(16)10-18)19-12-22(8-9-25-19)11-15-4-2-1-3-5-15/h1-7,10,19H,8-9,11-14H2,(H,21,23). The van der Waals surface area contributed by atoms with Crippen molar-refractivity contribution in [2.45, 2.75) is 25.9 Å². The smallest absolute Gasteiger partial charge is 0.254 e. The molecule has 0 radical (unpaired) electrons. The Labute approximate surface area is 147 Å². The Kier molecular flexibility index (Phi) is 4.78. The van der Waals surface area contributed by atoms with Crippen molar-refractivity contribution < 1.29 is 14.3 Å². The van der Waals surface area contributed by atoms with E-state index in [1.54, 1.807) is 0 Å². The van der Waals surface area contributed by atoms with Crippen LogP contribution in [0.3, 0.4) is 0 Å². The molecule has 1 atom stereocenters. The molecule has 4 rings (SSSR count). The number of carbonyl (C=O) groups excluding carboxylic acids is 1. The maximum Gasteiger partial charge on any atom is 0.254 e. The number of anilines is 1. The van der Waals surface area contributed by atoms with Gasteiger partial charge in [-0.15, -0.1) is 0 Å². The summed E-state index contributed by atoms with van der Waals surface area (Å²) in [4.78, 5) is 14.8. The first-order chi connectivity index (χ1) is 12.3. The van der Waals surface area contributed by atoms with Crippen molar-refractivity contribution in [1.82, 2.24) is 4.90 Å². The average molecular weight is 338 g/mol. The molecule has 130 valence electrons. The van der Waals surface area contributed by atoms with E-state index in [1.165, 1.54) is 11.1 Å². The highest BCUT2D eigenvalue weighted by Crippen LogP contribution is 2.23. The van der Waals surface area contributed by atoms with Gasteiger partial charge in [0.05, 0.1) is 19.8 Å². The Morgan fingerprint density at radius 1 is 1.12 bits per heavy atom. The van der Waals surface area contributed by atoms with Gasteiger partial charge in [-0.3, -0.25) is 9.69 Å². The van der Waals surface area contributed by atoms with Gasteiger partial charge in [-0.1, -0.05) is 36.4 Å². The van der Waals surface area contributed by atoms with E-state index in [4.69, 9.17) is 9.47 Å². The first kappa shape index (κ1) is 16.3. The van der Waals surface area contributed by atoms with Crippen LogP contribution in [-0.4, -0.2) is 36.6 Å². The summed E-state index contributed by atoms with van der Waals surface area (Å²) in [5, 5.41) is 2.98. The van der Waals surface area contributed by atoms with Gasteiger partial charge in [-0.2, -0.15) is 0 Å². The fourth-order valence-corrected chi connectivity index (χ4v) is 3.32. The van der Waals surface area contributed by atoms with Crippen LogP contribution in [0.25, 0.3) is 0 Å². The third kappa shape index (κ3) is 3.90. The summed E-state index contributed by atoms with van der Waals surface area (Å²) in [6, 6.07) is 16.2. The van der Waals surface area contributed by atoms with Gasteiger partial charge in [-0.25, -0.2) is 0 Å². The molecule has 0 saturated carbocycles. The summed E-state index contributed by atoms with van der Waals surface area (Å²) in [7, 11) is 0. The molecule has 5 nitrogen and oxygen atoms in total. The van der Waals surface area contributed by atoms with E-state index < -0.39 is 6.10 Å². The van der Waals surface area contributed by atoms with Crippen molar-refractivity contribution in [2.24, 2.45) is 0 Å². The van der Waals surface area contributed by atoms with E-state index in [9.17, 15) is 4.79 Å². The first-order valence-electron chi connectivity index (χ1n) is 8.66. The van der Waals surface area contributed by atoms with Crippen LogP contribution in [0.2, 0.25) is 0 Å². The molecule has 0 aromatic heterocycles. The molecule has 2 aromatic carbocycles. The monoisotopic (exact) mass is 338 g/mol. The van der Waals surface area contributed by atoms with Crippen LogP contribution < -0.4 is 5.32 Å². The first-order valence-corrected chi connectivity index (χ1v) is 8.66. The second kappa shape index (κ2) is 7.35. The normalized spacial score (nSPS) is 20.2. The van der Waals surface area contributed by atoms with Crippen LogP contribution in [0.15, 0.2) is 48.5 Å². The third-order valence-corrected chi connectivity index (χ3v) is 4.68. The van der Waals surface area contributed by atoms with Crippen LogP contribution in [-0.2, 0) is 34.0 Å². The summed E-state index contributed by atoms with van der Waals surface area (Å²) in [6.07, 6.45) is -0.443. The highest BCUT2D eigenvalue weighted by Gasteiger charge is 2.27. The summed E-state index contributed by atoms with van der Waals surface area (Å²) >= 11 is 0. The molecule has 2 aliphatic heterocycles. The zero-order valence-electron chi connectivity index (χ0n) is 14.1. The molecule has 0 aliphatic carbocycles. The summed E-state index contributed by atoms with van der Waals surface area (Å²) in [5.74, 6) is -0.0865. The minimum Gasteiger partial charge on any atom is -0.372 e. The van der Waals surface area contributed by atoms with Gasteiger partial charge >= 0.3 is 0 Å². The van der Waals surface area contributed by atoms with Crippen LogP contribution >= 0.6 is 0 Å².